The van der Waals surface area contributed by atoms with Gasteiger partial charge < -0.3 is 19.9 Å². The van der Waals surface area contributed by atoms with E-state index in [9.17, 15) is 4.79 Å². The highest BCUT2D eigenvalue weighted by molar-refractivity contribution is 6.30. The van der Waals surface area contributed by atoms with E-state index in [0.29, 0.717) is 10.9 Å². The molecule has 128 valence electrons. The van der Waals surface area contributed by atoms with Crippen molar-refractivity contribution in [3.63, 3.8) is 0 Å². The van der Waals surface area contributed by atoms with Crippen molar-refractivity contribution in [3.8, 4) is 0 Å². The summed E-state index contributed by atoms with van der Waals surface area (Å²) in [7, 11) is 1.74. The Kier molecular flexibility index (Phi) is 7.15. The second kappa shape index (κ2) is 9.11. The molecule has 5 nitrogen and oxygen atoms in total. The molecule has 1 heterocycles. The fraction of sp³-hybridized carbons (Fsp3) is 0.588. The number of ether oxygens (including phenoxy) is 1. The number of urea groups is 1. The molecule has 0 bridgehead atoms. The van der Waals surface area contributed by atoms with Gasteiger partial charge in [0.2, 0.25) is 0 Å². The zero-order valence-electron chi connectivity index (χ0n) is 13.9. The van der Waals surface area contributed by atoms with Gasteiger partial charge in [-0.3, -0.25) is 0 Å². The lowest BCUT2D eigenvalue weighted by Gasteiger charge is -2.24. The van der Waals surface area contributed by atoms with Gasteiger partial charge in [0, 0.05) is 50.6 Å². The summed E-state index contributed by atoms with van der Waals surface area (Å²) in [5, 5.41) is 3.54. The summed E-state index contributed by atoms with van der Waals surface area (Å²) in [6.07, 6.45) is 0.989. The van der Waals surface area contributed by atoms with E-state index < -0.39 is 0 Å². The number of hydrogen-bond donors (Lipinski definition) is 1. The predicted molar refractivity (Wildman–Crippen MR) is 94.1 cm³/mol. The monoisotopic (exact) mass is 339 g/mol. The van der Waals surface area contributed by atoms with Crippen LogP contribution in [-0.4, -0.2) is 62.3 Å². The summed E-state index contributed by atoms with van der Waals surface area (Å²) in [5.41, 5.74) is 0.734. The number of anilines is 1. The lowest BCUT2D eigenvalue weighted by atomic mass is 10.2. The van der Waals surface area contributed by atoms with Crippen molar-refractivity contribution in [1.82, 2.24) is 9.80 Å². The number of benzene rings is 1. The molecular weight excluding hydrogens is 314 g/mol. The second-order valence-electron chi connectivity index (χ2n) is 6.14. The Morgan fingerprint density at radius 2 is 2.17 bits per heavy atom. The molecule has 1 aliphatic heterocycles. The summed E-state index contributed by atoms with van der Waals surface area (Å²) < 4.78 is 5.20. The minimum absolute atomic E-state index is 0.0564. The largest absolute Gasteiger partial charge is 0.384 e. The first kappa shape index (κ1) is 18.0. The van der Waals surface area contributed by atoms with Crippen LogP contribution in [0.2, 0.25) is 5.02 Å². The molecule has 1 atom stereocenters. The molecule has 1 aromatic rings. The summed E-state index contributed by atoms with van der Waals surface area (Å²) in [6, 6.07) is 7.18. The van der Waals surface area contributed by atoms with E-state index in [-0.39, 0.29) is 6.03 Å². The highest BCUT2D eigenvalue weighted by Gasteiger charge is 2.20. The van der Waals surface area contributed by atoms with Crippen LogP contribution in [0.3, 0.4) is 0 Å². The van der Waals surface area contributed by atoms with Crippen LogP contribution in [0.15, 0.2) is 24.3 Å². The normalized spacial score (nSPS) is 17.6. The number of rotatable bonds is 5. The zero-order chi connectivity index (χ0) is 16.7. The predicted octanol–water partition coefficient (Wildman–Crippen LogP) is 3.16. The van der Waals surface area contributed by atoms with Crippen molar-refractivity contribution >= 4 is 23.3 Å². The van der Waals surface area contributed by atoms with Crippen LogP contribution in [0.5, 0.6) is 0 Å². The number of carbonyl (C=O) groups is 1. The first-order chi connectivity index (χ1) is 11.1. The van der Waals surface area contributed by atoms with Gasteiger partial charge in [0.25, 0.3) is 0 Å². The number of nitrogens with one attached hydrogen (secondary N) is 1. The van der Waals surface area contributed by atoms with Gasteiger partial charge in [-0.05, 0) is 37.1 Å². The van der Waals surface area contributed by atoms with Gasteiger partial charge in [0.15, 0.2) is 0 Å². The van der Waals surface area contributed by atoms with Crippen LogP contribution in [0.4, 0.5) is 10.5 Å². The van der Waals surface area contributed by atoms with Gasteiger partial charge in [0.1, 0.15) is 0 Å². The minimum atomic E-state index is -0.0564. The van der Waals surface area contributed by atoms with Gasteiger partial charge in [0.05, 0.1) is 0 Å². The van der Waals surface area contributed by atoms with Crippen molar-refractivity contribution in [2.24, 2.45) is 5.92 Å². The third-order valence-corrected chi connectivity index (χ3v) is 4.21. The molecule has 0 radical (unpaired) electrons. The number of amides is 2. The maximum Gasteiger partial charge on any atom is 0.321 e. The van der Waals surface area contributed by atoms with Crippen molar-refractivity contribution in [2.45, 2.75) is 13.3 Å². The van der Waals surface area contributed by atoms with E-state index in [1.165, 1.54) is 0 Å². The zero-order valence-corrected chi connectivity index (χ0v) is 14.7. The van der Waals surface area contributed by atoms with Gasteiger partial charge in [-0.25, -0.2) is 4.79 Å². The Bertz CT molecular complexity index is 512. The van der Waals surface area contributed by atoms with Gasteiger partial charge in [-0.1, -0.05) is 24.6 Å². The Balaban J connectivity index is 1.83. The Hall–Kier alpha value is -1.30. The molecule has 1 fully saturated rings. The molecule has 1 N–H and O–H groups in total. The van der Waals surface area contributed by atoms with Crippen LogP contribution in [-0.2, 0) is 4.74 Å². The van der Waals surface area contributed by atoms with Crippen molar-refractivity contribution in [1.29, 1.82) is 0 Å². The van der Waals surface area contributed by atoms with E-state index in [0.717, 1.165) is 51.4 Å². The van der Waals surface area contributed by atoms with Gasteiger partial charge in [-0.15, -0.1) is 0 Å². The molecule has 23 heavy (non-hydrogen) atoms. The first-order valence-electron chi connectivity index (χ1n) is 8.11. The average molecular weight is 340 g/mol. The van der Waals surface area contributed by atoms with Gasteiger partial charge in [-0.2, -0.15) is 0 Å². The first-order valence-corrected chi connectivity index (χ1v) is 8.49. The maximum absolute atomic E-state index is 12.4. The van der Waals surface area contributed by atoms with E-state index in [4.69, 9.17) is 16.3 Å². The number of methoxy groups -OCH3 is 1. The van der Waals surface area contributed by atoms with E-state index in [1.54, 1.807) is 19.2 Å². The molecule has 6 heteroatoms. The summed E-state index contributed by atoms with van der Waals surface area (Å²) in [5.74, 6) is 0.506. The van der Waals surface area contributed by atoms with E-state index in [1.807, 2.05) is 17.0 Å². The van der Waals surface area contributed by atoms with E-state index >= 15 is 0 Å². The topological polar surface area (TPSA) is 44.8 Å². The van der Waals surface area contributed by atoms with Crippen molar-refractivity contribution in [3.05, 3.63) is 29.3 Å². The van der Waals surface area contributed by atoms with Crippen LogP contribution in [0.1, 0.15) is 13.3 Å². The smallest absolute Gasteiger partial charge is 0.321 e. The van der Waals surface area contributed by atoms with Gasteiger partial charge >= 0.3 is 6.03 Å². The molecule has 0 aromatic heterocycles. The third kappa shape index (κ3) is 6.01. The molecule has 0 unspecified atom stereocenters. The molecule has 1 saturated heterocycles. The SMILES string of the molecule is COC[C@H](C)CN1CCCN(C(=O)Nc2cccc(Cl)c2)CC1. The van der Waals surface area contributed by atoms with E-state index in [2.05, 4.69) is 17.1 Å². The number of hydrogen-bond acceptors (Lipinski definition) is 3. The van der Waals surface area contributed by atoms with Crippen LogP contribution in [0, 0.1) is 5.92 Å². The standard InChI is InChI=1S/C17H26ClN3O2/c1-14(13-23-2)12-20-7-4-8-21(10-9-20)17(22)19-16-6-3-5-15(18)11-16/h3,5-6,11,14H,4,7-10,12-13H2,1-2H3,(H,19,22)/t14-/m1/s1. The lowest BCUT2D eigenvalue weighted by Crippen LogP contribution is -2.38. The Morgan fingerprint density at radius 3 is 2.91 bits per heavy atom. The number of carbonyl (C=O) groups excluding carboxylic acids is 1. The maximum atomic E-state index is 12.4. The lowest BCUT2D eigenvalue weighted by molar-refractivity contribution is 0.130. The van der Waals surface area contributed by atoms with Crippen LogP contribution >= 0.6 is 11.6 Å². The average Bonchev–Trinajstić information content (AvgIpc) is 2.73. The quantitative estimate of drug-likeness (QED) is 0.896. The van der Waals surface area contributed by atoms with Crippen molar-refractivity contribution < 1.29 is 9.53 Å². The Morgan fingerprint density at radius 1 is 1.35 bits per heavy atom. The number of nitrogens with zero attached hydrogens (tertiary/aromatic N) is 2. The third-order valence-electron chi connectivity index (χ3n) is 3.97. The second-order valence-corrected chi connectivity index (χ2v) is 6.58. The minimum Gasteiger partial charge on any atom is -0.384 e. The molecule has 1 aromatic carbocycles. The molecule has 0 saturated carbocycles. The molecule has 0 spiro atoms. The Labute approximate surface area is 143 Å². The summed E-state index contributed by atoms with van der Waals surface area (Å²) >= 11 is 5.95. The molecule has 0 aliphatic carbocycles. The number of halogens is 1. The summed E-state index contributed by atoms with van der Waals surface area (Å²) in [4.78, 5) is 16.7. The highest BCUT2D eigenvalue weighted by Crippen LogP contribution is 2.16. The molecule has 2 amide bonds. The highest BCUT2D eigenvalue weighted by atomic mass is 35.5. The molecule has 2 rings (SSSR count). The van der Waals surface area contributed by atoms with Crippen LogP contribution < -0.4 is 5.32 Å². The fourth-order valence-corrected chi connectivity index (χ4v) is 3.09. The van der Waals surface area contributed by atoms with Crippen molar-refractivity contribution in [2.75, 3.05) is 51.8 Å². The summed E-state index contributed by atoms with van der Waals surface area (Å²) in [6.45, 7) is 7.42. The van der Waals surface area contributed by atoms with Crippen LogP contribution in [0.25, 0.3) is 0 Å². The molecule has 1 aliphatic rings. The molecular formula is C17H26ClN3O2. The fourth-order valence-electron chi connectivity index (χ4n) is 2.90.